The zero-order valence-corrected chi connectivity index (χ0v) is 21.1. The van der Waals surface area contributed by atoms with Crippen molar-refractivity contribution < 1.29 is 14.3 Å². The van der Waals surface area contributed by atoms with E-state index in [-0.39, 0.29) is 5.91 Å². The number of para-hydroxylation sites is 1. The zero-order chi connectivity index (χ0) is 25.5. The van der Waals surface area contributed by atoms with Gasteiger partial charge < -0.3 is 19.7 Å². The minimum atomic E-state index is -0.276. The highest BCUT2D eigenvalue weighted by Gasteiger charge is 2.20. The Morgan fingerprint density at radius 2 is 1.72 bits per heavy atom. The lowest BCUT2D eigenvalue weighted by Crippen LogP contribution is -2.25. The Bertz CT molecular complexity index is 1300. The molecule has 0 aliphatic carbocycles. The van der Waals surface area contributed by atoms with Crippen molar-refractivity contribution >= 4 is 11.7 Å². The third-order valence-electron chi connectivity index (χ3n) is 5.99. The minimum absolute atomic E-state index is 0.276. The van der Waals surface area contributed by atoms with Crippen LogP contribution < -0.4 is 19.7 Å². The number of benzene rings is 2. The number of rotatable bonds is 10. The molecule has 8 nitrogen and oxygen atoms in total. The maximum atomic E-state index is 13.3. The predicted molar refractivity (Wildman–Crippen MR) is 141 cm³/mol. The van der Waals surface area contributed by atoms with Crippen LogP contribution in [0.2, 0.25) is 0 Å². The topological polar surface area (TPSA) is 81.5 Å². The van der Waals surface area contributed by atoms with E-state index >= 15 is 0 Å². The molecule has 0 fully saturated rings. The van der Waals surface area contributed by atoms with E-state index < -0.39 is 0 Å². The molecule has 4 aromatic rings. The second-order valence-electron chi connectivity index (χ2n) is 8.12. The Kier molecular flexibility index (Phi) is 7.85. The van der Waals surface area contributed by atoms with Crippen LogP contribution in [0.25, 0.3) is 16.8 Å². The highest BCUT2D eigenvalue weighted by Crippen LogP contribution is 2.34. The summed E-state index contributed by atoms with van der Waals surface area (Å²) in [6, 6.07) is 19.2. The van der Waals surface area contributed by atoms with Crippen molar-refractivity contribution in [2.24, 2.45) is 0 Å². The van der Waals surface area contributed by atoms with E-state index in [1.54, 1.807) is 25.1 Å². The largest absolute Gasteiger partial charge is 0.493 e. The molecule has 0 aliphatic heterocycles. The van der Waals surface area contributed by atoms with Crippen LogP contribution >= 0.6 is 0 Å². The molecule has 0 spiro atoms. The van der Waals surface area contributed by atoms with Crippen molar-refractivity contribution in [3.05, 3.63) is 84.3 Å². The van der Waals surface area contributed by atoms with Gasteiger partial charge >= 0.3 is 0 Å². The van der Waals surface area contributed by atoms with Crippen molar-refractivity contribution in [1.82, 2.24) is 20.1 Å². The average Bonchev–Trinajstić information content (AvgIpc) is 3.39. The molecule has 0 saturated heterocycles. The van der Waals surface area contributed by atoms with Gasteiger partial charge in [0.25, 0.3) is 5.91 Å². The Morgan fingerprint density at radius 1 is 0.972 bits per heavy atom. The van der Waals surface area contributed by atoms with Gasteiger partial charge in [0.1, 0.15) is 5.82 Å². The van der Waals surface area contributed by atoms with Gasteiger partial charge in [-0.25, -0.2) is 9.67 Å². The van der Waals surface area contributed by atoms with E-state index in [2.05, 4.69) is 34.1 Å². The van der Waals surface area contributed by atoms with Crippen LogP contribution in [-0.2, 0) is 6.54 Å². The van der Waals surface area contributed by atoms with E-state index in [9.17, 15) is 4.79 Å². The van der Waals surface area contributed by atoms with E-state index in [4.69, 9.17) is 9.47 Å². The lowest BCUT2D eigenvalue weighted by molar-refractivity contribution is 0.0946. The quantitative estimate of drug-likeness (QED) is 0.350. The molecular formula is C28H31N5O3. The first-order valence-corrected chi connectivity index (χ1v) is 11.9. The number of methoxy groups -OCH3 is 2. The number of anilines is 1. The highest BCUT2D eigenvalue weighted by atomic mass is 16.5. The first kappa shape index (κ1) is 24.8. The van der Waals surface area contributed by atoms with Gasteiger partial charge in [-0.3, -0.25) is 4.79 Å². The molecule has 2 aromatic heterocycles. The van der Waals surface area contributed by atoms with Crippen molar-refractivity contribution in [2.75, 3.05) is 32.2 Å². The smallest absolute Gasteiger partial charge is 0.272 e. The molecule has 0 saturated carbocycles. The van der Waals surface area contributed by atoms with Crippen LogP contribution in [0.3, 0.4) is 0 Å². The summed E-state index contributed by atoms with van der Waals surface area (Å²) in [5, 5.41) is 7.63. The first-order valence-electron chi connectivity index (χ1n) is 11.9. The maximum absolute atomic E-state index is 13.3. The average molecular weight is 486 g/mol. The molecule has 4 rings (SSSR count). The molecule has 2 aromatic carbocycles. The second kappa shape index (κ2) is 11.4. The molecule has 36 heavy (non-hydrogen) atoms. The molecule has 0 aliphatic rings. The molecule has 0 bridgehead atoms. The molecule has 0 unspecified atom stereocenters. The van der Waals surface area contributed by atoms with E-state index in [0.717, 1.165) is 35.7 Å². The summed E-state index contributed by atoms with van der Waals surface area (Å²) >= 11 is 0. The highest BCUT2D eigenvalue weighted by molar-refractivity contribution is 5.99. The molecule has 0 radical (unpaired) electrons. The number of aromatic nitrogens is 3. The van der Waals surface area contributed by atoms with Crippen LogP contribution in [0.1, 0.15) is 29.9 Å². The molecule has 186 valence electrons. The fraction of sp³-hybridized carbons (Fsp3) is 0.250. The van der Waals surface area contributed by atoms with Crippen molar-refractivity contribution in [3.63, 3.8) is 0 Å². The number of carbonyl (C=O) groups excluding carboxylic acids is 1. The lowest BCUT2D eigenvalue weighted by atomic mass is 10.1. The van der Waals surface area contributed by atoms with Gasteiger partial charge in [0.15, 0.2) is 17.2 Å². The van der Waals surface area contributed by atoms with Gasteiger partial charge in [-0.15, -0.1) is 0 Å². The van der Waals surface area contributed by atoms with Gasteiger partial charge in [-0.2, -0.15) is 5.10 Å². The summed E-state index contributed by atoms with van der Waals surface area (Å²) in [6.07, 6.45) is 3.65. The molecular weight excluding hydrogens is 454 g/mol. The van der Waals surface area contributed by atoms with E-state index in [1.807, 2.05) is 66.9 Å². The fourth-order valence-electron chi connectivity index (χ4n) is 3.99. The normalized spacial score (nSPS) is 10.7. The number of hydrogen-bond donors (Lipinski definition) is 1. The number of pyridine rings is 1. The van der Waals surface area contributed by atoms with Gasteiger partial charge in [0, 0.05) is 37.6 Å². The number of hydrogen-bond acceptors (Lipinski definition) is 6. The summed E-state index contributed by atoms with van der Waals surface area (Å²) in [5.41, 5.74) is 3.57. The fourth-order valence-corrected chi connectivity index (χ4v) is 3.99. The van der Waals surface area contributed by atoms with Gasteiger partial charge in [0.05, 0.1) is 19.9 Å². The molecule has 1 N–H and O–H groups in total. The predicted octanol–water partition coefficient (Wildman–Crippen LogP) is 4.73. The Hall–Kier alpha value is -4.33. The summed E-state index contributed by atoms with van der Waals surface area (Å²) in [7, 11) is 3.18. The summed E-state index contributed by atoms with van der Waals surface area (Å²) < 4.78 is 12.6. The minimum Gasteiger partial charge on any atom is -0.493 e. The number of nitrogens with one attached hydrogen (secondary N) is 1. The van der Waals surface area contributed by atoms with Crippen LogP contribution in [0.15, 0.2) is 73.1 Å². The van der Waals surface area contributed by atoms with Gasteiger partial charge in [-0.1, -0.05) is 30.3 Å². The number of carbonyl (C=O) groups is 1. The van der Waals surface area contributed by atoms with Crippen molar-refractivity contribution in [3.8, 4) is 28.3 Å². The summed E-state index contributed by atoms with van der Waals surface area (Å²) in [6.45, 7) is 6.33. The number of ether oxygens (including phenoxy) is 2. The van der Waals surface area contributed by atoms with Crippen molar-refractivity contribution in [2.45, 2.75) is 20.4 Å². The monoisotopic (exact) mass is 485 g/mol. The third-order valence-corrected chi connectivity index (χ3v) is 5.99. The van der Waals surface area contributed by atoms with Crippen LogP contribution in [0, 0.1) is 0 Å². The van der Waals surface area contributed by atoms with Crippen LogP contribution in [-0.4, -0.2) is 48.0 Å². The molecule has 2 heterocycles. The summed E-state index contributed by atoms with van der Waals surface area (Å²) in [5.74, 6) is 1.84. The number of amides is 1. The number of nitrogens with zero attached hydrogens (tertiary/aromatic N) is 4. The van der Waals surface area contributed by atoms with E-state index in [1.165, 1.54) is 0 Å². The summed E-state index contributed by atoms with van der Waals surface area (Å²) in [4.78, 5) is 20.1. The second-order valence-corrected chi connectivity index (χ2v) is 8.12. The Balaban J connectivity index is 1.62. The molecule has 1 amide bonds. The zero-order valence-electron chi connectivity index (χ0n) is 21.1. The molecule has 8 heteroatoms. The maximum Gasteiger partial charge on any atom is 0.272 e. The van der Waals surface area contributed by atoms with Crippen LogP contribution in [0.5, 0.6) is 11.5 Å². The van der Waals surface area contributed by atoms with Crippen molar-refractivity contribution in [1.29, 1.82) is 0 Å². The van der Waals surface area contributed by atoms with Crippen LogP contribution in [0.4, 0.5) is 5.82 Å². The lowest BCUT2D eigenvalue weighted by Gasteiger charge is -2.19. The van der Waals surface area contributed by atoms with E-state index in [0.29, 0.717) is 29.3 Å². The standard InChI is InChI=1S/C28H31N5O3/c1-5-32(6-2)26-15-12-20(17-29-26)18-30-28(34)27-23(19-33(31-27)22-10-8-7-9-11-22)21-13-14-24(35-3)25(16-21)36-4/h7-17,19H,5-6,18H2,1-4H3,(H,30,34). The first-order chi connectivity index (χ1) is 17.6. The molecule has 0 atom stereocenters. The van der Waals surface area contributed by atoms with Gasteiger partial charge in [0.2, 0.25) is 0 Å². The van der Waals surface area contributed by atoms with Gasteiger partial charge in [-0.05, 0) is 55.3 Å². The third kappa shape index (κ3) is 5.33. The Labute approximate surface area is 211 Å². The Morgan fingerprint density at radius 3 is 2.36 bits per heavy atom. The SMILES string of the molecule is CCN(CC)c1ccc(CNC(=O)c2nn(-c3ccccc3)cc2-c2ccc(OC)c(OC)c2)cn1.